The smallest absolute Gasteiger partial charge is 0.132 e. The summed E-state index contributed by atoms with van der Waals surface area (Å²) in [7, 11) is 0. The van der Waals surface area contributed by atoms with Gasteiger partial charge in [0.2, 0.25) is 0 Å². The molecule has 0 fully saturated rings. The lowest BCUT2D eigenvalue weighted by molar-refractivity contribution is 0.637. The van der Waals surface area contributed by atoms with Gasteiger partial charge in [0.15, 0.2) is 0 Å². The molecule has 0 aliphatic carbocycles. The van der Waals surface area contributed by atoms with Gasteiger partial charge in [-0.15, -0.1) is 11.3 Å². The van der Waals surface area contributed by atoms with Crippen LogP contribution in [0.5, 0.6) is 0 Å². The first kappa shape index (κ1) is 9.62. The topological polar surface area (TPSA) is 26.0 Å². The molecule has 74 valence electrons. The molecule has 2 N–H and O–H groups in total. The van der Waals surface area contributed by atoms with Crippen LogP contribution in [-0.2, 0) is 6.42 Å². The van der Waals surface area contributed by atoms with Crippen LogP contribution in [0.2, 0.25) is 0 Å². The molecular formula is C11H12FNS. The number of hydrogen-bond acceptors (Lipinski definition) is 2. The van der Waals surface area contributed by atoms with Gasteiger partial charge in [-0.05, 0) is 36.4 Å². The Hall–Kier alpha value is -0.930. The molecule has 0 aliphatic rings. The van der Waals surface area contributed by atoms with E-state index in [0.29, 0.717) is 0 Å². The van der Waals surface area contributed by atoms with Crippen molar-refractivity contribution in [2.75, 3.05) is 0 Å². The number of rotatable bonds is 2. The van der Waals surface area contributed by atoms with Gasteiger partial charge in [0.1, 0.15) is 5.82 Å². The van der Waals surface area contributed by atoms with Crippen molar-refractivity contribution in [1.82, 2.24) is 0 Å². The molecule has 3 heteroatoms. The molecule has 14 heavy (non-hydrogen) atoms. The highest BCUT2D eigenvalue weighted by Gasteiger charge is 2.09. The molecular weight excluding hydrogens is 197 g/mol. The van der Waals surface area contributed by atoms with Gasteiger partial charge in [0, 0.05) is 16.1 Å². The van der Waals surface area contributed by atoms with Crippen LogP contribution in [0.1, 0.15) is 12.5 Å². The Kier molecular flexibility index (Phi) is 2.52. The molecule has 0 saturated carbocycles. The maximum atomic E-state index is 13.5. The van der Waals surface area contributed by atoms with E-state index in [-0.39, 0.29) is 11.9 Å². The average Bonchev–Trinajstić information content (AvgIpc) is 2.49. The van der Waals surface area contributed by atoms with E-state index in [1.807, 2.05) is 18.4 Å². The molecule has 0 spiro atoms. The minimum Gasteiger partial charge on any atom is -0.328 e. The third kappa shape index (κ3) is 1.65. The highest BCUT2D eigenvalue weighted by molar-refractivity contribution is 7.17. The monoisotopic (exact) mass is 209 g/mol. The highest BCUT2D eigenvalue weighted by atomic mass is 32.1. The van der Waals surface area contributed by atoms with Crippen molar-refractivity contribution in [2.45, 2.75) is 19.4 Å². The fourth-order valence-corrected chi connectivity index (χ4v) is 2.59. The molecule has 1 aromatic carbocycles. The van der Waals surface area contributed by atoms with Gasteiger partial charge >= 0.3 is 0 Å². The molecule has 1 unspecified atom stereocenters. The molecule has 0 aliphatic heterocycles. The number of hydrogen-bond donors (Lipinski definition) is 1. The van der Waals surface area contributed by atoms with Crippen LogP contribution in [0.15, 0.2) is 23.6 Å². The molecule has 1 nitrogen and oxygen atoms in total. The maximum absolute atomic E-state index is 13.5. The van der Waals surface area contributed by atoms with Crippen LogP contribution in [-0.4, -0.2) is 6.04 Å². The van der Waals surface area contributed by atoms with E-state index in [9.17, 15) is 4.39 Å². The lowest BCUT2D eigenvalue weighted by atomic mass is 10.1. The van der Waals surface area contributed by atoms with Gasteiger partial charge in [-0.25, -0.2) is 4.39 Å². The van der Waals surface area contributed by atoms with Gasteiger partial charge in [-0.1, -0.05) is 6.07 Å². The maximum Gasteiger partial charge on any atom is 0.132 e. The first-order chi connectivity index (χ1) is 6.68. The summed E-state index contributed by atoms with van der Waals surface area (Å²) >= 11 is 1.57. The number of halogens is 1. The normalized spacial score (nSPS) is 13.4. The van der Waals surface area contributed by atoms with Gasteiger partial charge in [0.25, 0.3) is 0 Å². The fourth-order valence-electron chi connectivity index (χ4n) is 1.60. The molecule has 1 heterocycles. The Balaban J connectivity index is 2.55. The van der Waals surface area contributed by atoms with Crippen LogP contribution in [0.3, 0.4) is 0 Å². The van der Waals surface area contributed by atoms with Crippen LogP contribution >= 0.6 is 11.3 Å². The van der Waals surface area contributed by atoms with E-state index in [1.54, 1.807) is 17.4 Å². The van der Waals surface area contributed by atoms with Gasteiger partial charge < -0.3 is 5.73 Å². The predicted molar refractivity (Wildman–Crippen MR) is 59.1 cm³/mol. The zero-order valence-corrected chi connectivity index (χ0v) is 8.77. The highest BCUT2D eigenvalue weighted by Crippen LogP contribution is 2.28. The lowest BCUT2D eigenvalue weighted by Crippen LogP contribution is -2.17. The van der Waals surface area contributed by atoms with Crippen molar-refractivity contribution in [3.05, 3.63) is 35.0 Å². The molecule has 0 amide bonds. The number of thiophene rings is 1. The van der Waals surface area contributed by atoms with Crippen LogP contribution in [0.25, 0.3) is 10.1 Å². The van der Waals surface area contributed by atoms with E-state index in [2.05, 4.69) is 0 Å². The summed E-state index contributed by atoms with van der Waals surface area (Å²) in [4.78, 5) is 0. The van der Waals surface area contributed by atoms with Crippen molar-refractivity contribution in [1.29, 1.82) is 0 Å². The van der Waals surface area contributed by atoms with Crippen molar-refractivity contribution in [2.24, 2.45) is 5.73 Å². The second kappa shape index (κ2) is 3.67. The Bertz CT molecular complexity index is 447. The molecule has 2 aromatic rings. The molecule has 1 atom stereocenters. The summed E-state index contributed by atoms with van der Waals surface area (Å²) in [6, 6.07) is 5.25. The second-order valence-corrected chi connectivity index (χ2v) is 4.47. The molecule has 0 saturated heterocycles. The van der Waals surface area contributed by atoms with Gasteiger partial charge in [-0.2, -0.15) is 0 Å². The molecule has 1 aromatic heterocycles. The third-order valence-electron chi connectivity index (χ3n) is 2.17. The van der Waals surface area contributed by atoms with Gasteiger partial charge in [0.05, 0.1) is 0 Å². The van der Waals surface area contributed by atoms with Crippen LogP contribution in [0.4, 0.5) is 4.39 Å². The number of benzene rings is 1. The first-order valence-corrected chi connectivity index (χ1v) is 5.46. The van der Waals surface area contributed by atoms with E-state index in [4.69, 9.17) is 5.73 Å². The Morgan fingerprint density at radius 3 is 3.00 bits per heavy atom. The van der Waals surface area contributed by atoms with Crippen molar-refractivity contribution in [3.63, 3.8) is 0 Å². The molecule has 0 radical (unpaired) electrons. The Labute approximate surface area is 86.4 Å². The zero-order valence-electron chi connectivity index (χ0n) is 7.96. The fraction of sp³-hybridized carbons (Fsp3) is 0.273. The lowest BCUT2D eigenvalue weighted by Gasteiger charge is -2.03. The molecule has 0 bridgehead atoms. The van der Waals surface area contributed by atoms with E-state index >= 15 is 0 Å². The minimum atomic E-state index is -0.139. The SMILES string of the molecule is CC(N)Cc1csc2cccc(F)c12. The summed E-state index contributed by atoms with van der Waals surface area (Å²) in [6.07, 6.45) is 0.737. The predicted octanol–water partition coefficient (Wildman–Crippen LogP) is 2.93. The summed E-state index contributed by atoms with van der Waals surface area (Å²) in [5, 5.41) is 2.74. The van der Waals surface area contributed by atoms with Crippen LogP contribution in [0, 0.1) is 5.82 Å². The number of fused-ring (bicyclic) bond motifs is 1. The minimum absolute atomic E-state index is 0.0763. The summed E-state index contributed by atoms with van der Waals surface area (Å²) < 4.78 is 14.5. The quantitative estimate of drug-likeness (QED) is 0.808. The Morgan fingerprint density at radius 1 is 1.50 bits per heavy atom. The number of nitrogens with two attached hydrogens (primary N) is 1. The van der Waals surface area contributed by atoms with Crippen molar-refractivity contribution in [3.8, 4) is 0 Å². The van der Waals surface area contributed by atoms with Gasteiger partial charge in [-0.3, -0.25) is 0 Å². The third-order valence-corrected chi connectivity index (χ3v) is 3.16. The zero-order chi connectivity index (χ0) is 10.1. The van der Waals surface area contributed by atoms with E-state index < -0.39 is 0 Å². The second-order valence-electron chi connectivity index (χ2n) is 3.56. The summed E-state index contributed by atoms with van der Waals surface area (Å²) in [6.45, 7) is 1.93. The van der Waals surface area contributed by atoms with Crippen molar-refractivity contribution < 1.29 is 4.39 Å². The summed E-state index contributed by atoms with van der Waals surface area (Å²) in [5.41, 5.74) is 6.73. The average molecular weight is 209 g/mol. The first-order valence-electron chi connectivity index (χ1n) is 4.58. The summed E-state index contributed by atoms with van der Waals surface area (Å²) in [5.74, 6) is -0.139. The van der Waals surface area contributed by atoms with E-state index in [0.717, 1.165) is 22.1 Å². The largest absolute Gasteiger partial charge is 0.328 e. The van der Waals surface area contributed by atoms with E-state index in [1.165, 1.54) is 6.07 Å². The standard InChI is InChI=1S/C11H12FNS/c1-7(13)5-8-6-14-10-4-2-3-9(12)11(8)10/h2-4,6-7H,5,13H2,1H3. The molecule has 2 rings (SSSR count). The Morgan fingerprint density at radius 2 is 2.29 bits per heavy atom. The van der Waals surface area contributed by atoms with Crippen molar-refractivity contribution >= 4 is 21.4 Å². The van der Waals surface area contributed by atoms with Crippen LogP contribution < -0.4 is 5.73 Å².